The lowest BCUT2D eigenvalue weighted by molar-refractivity contribution is -0.122. The SMILES string of the molecule is CCC(=C(C)Br)N(C)CC(=O)NC(Cc1cc(F)cc(F)c1)c1ncccc1-c1ccc(F)c(C(N)=O)c1. The molecule has 1 unspecified atom stereocenters. The molecule has 3 aromatic rings. The maximum atomic E-state index is 14.1. The highest BCUT2D eigenvalue weighted by atomic mass is 79.9. The summed E-state index contributed by atoms with van der Waals surface area (Å²) in [5.74, 6) is -3.54. The van der Waals surface area contributed by atoms with Gasteiger partial charge in [0.25, 0.3) is 5.91 Å². The molecule has 1 aromatic heterocycles. The number of hydrogen-bond acceptors (Lipinski definition) is 4. The minimum Gasteiger partial charge on any atom is -0.368 e. The molecule has 3 rings (SSSR count). The van der Waals surface area contributed by atoms with E-state index in [2.05, 4.69) is 26.2 Å². The van der Waals surface area contributed by atoms with Crippen molar-refractivity contribution in [2.75, 3.05) is 13.6 Å². The third-order valence-electron chi connectivity index (χ3n) is 5.98. The van der Waals surface area contributed by atoms with Gasteiger partial charge in [0.2, 0.25) is 5.91 Å². The summed E-state index contributed by atoms with van der Waals surface area (Å²) in [6, 6.07) is 9.58. The van der Waals surface area contributed by atoms with Crippen LogP contribution < -0.4 is 11.1 Å². The van der Waals surface area contributed by atoms with Crippen molar-refractivity contribution in [3.8, 4) is 11.1 Å². The number of amides is 2. The van der Waals surface area contributed by atoms with E-state index in [9.17, 15) is 22.8 Å². The van der Waals surface area contributed by atoms with E-state index in [0.29, 0.717) is 28.8 Å². The van der Waals surface area contributed by atoms with Crippen LogP contribution in [-0.4, -0.2) is 35.3 Å². The molecule has 0 fully saturated rings. The summed E-state index contributed by atoms with van der Waals surface area (Å²) in [5, 5.41) is 2.94. The van der Waals surface area contributed by atoms with Gasteiger partial charge in [-0.15, -0.1) is 0 Å². The first-order valence-corrected chi connectivity index (χ1v) is 12.6. The van der Waals surface area contributed by atoms with Gasteiger partial charge in [-0.2, -0.15) is 0 Å². The van der Waals surface area contributed by atoms with Gasteiger partial charge in [-0.1, -0.05) is 35.0 Å². The van der Waals surface area contributed by atoms with E-state index in [0.717, 1.165) is 22.3 Å². The zero-order valence-corrected chi connectivity index (χ0v) is 22.8. The fourth-order valence-electron chi connectivity index (χ4n) is 4.33. The number of halogens is 4. The molecule has 200 valence electrons. The quantitative estimate of drug-likeness (QED) is 0.321. The number of likely N-dealkylation sites (N-methyl/N-ethyl adjacent to an activating group) is 1. The molecule has 1 atom stereocenters. The minimum absolute atomic E-state index is 0.0185. The number of benzene rings is 2. The first-order valence-electron chi connectivity index (χ1n) is 11.9. The molecule has 2 aromatic carbocycles. The molecule has 0 aliphatic heterocycles. The molecule has 0 aliphatic carbocycles. The Morgan fingerprint density at radius 3 is 2.39 bits per heavy atom. The summed E-state index contributed by atoms with van der Waals surface area (Å²) in [6.45, 7) is 3.88. The zero-order chi connectivity index (χ0) is 28.0. The smallest absolute Gasteiger partial charge is 0.251 e. The molecule has 10 heteroatoms. The number of aromatic nitrogens is 1. The van der Waals surface area contributed by atoms with Gasteiger partial charge in [0, 0.05) is 35.1 Å². The number of pyridine rings is 1. The van der Waals surface area contributed by atoms with Gasteiger partial charge in [-0.25, -0.2) is 13.2 Å². The molecule has 1 heterocycles. The van der Waals surface area contributed by atoms with Crippen molar-refractivity contribution in [3.63, 3.8) is 0 Å². The second-order valence-electron chi connectivity index (χ2n) is 8.79. The number of rotatable bonds is 10. The third kappa shape index (κ3) is 7.22. The molecular formula is C28H28BrF3N4O2. The van der Waals surface area contributed by atoms with E-state index < -0.39 is 29.4 Å². The van der Waals surface area contributed by atoms with E-state index >= 15 is 0 Å². The Morgan fingerprint density at radius 2 is 1.79 bits per heavy atom. The molecule has 0 radical (unpaired) electrons. The van der Waals surface area contributed by atoms with Gasteiger partial charge < -0.3 is 16.0 Å². The second kappa shape index (κ2) is 12.7. The number of carbonyl (C=O) groups is 2. The molecule has 0 saturated heterocycles. The first kappa shape index (κ1) is 28.9. The van der Waals surface area contributed by atoms with E-state index in [-0.39, 0.29) is 24.4 Å². The Kier molecular flexibility index (Phi) is 9.68. The highest BCUT2D eigenvalue weighted by molar-refractivity contribution is 9.11. The summed E-state index contributed by atoms with van der Waals surface area (Å²) in [4.78, 5) is 31.2. The number of nitrogens with zero attached hydrogens (tertiary/aromatic N) is 2. The standard InChI is InChI=1S/C28H28BrF3N4O2/c1-4-25(16(2)29)36(3)15-26(37)35-24(12-17-10-19(30)14-20(31)11-17)27-21(6-5-9-34-27)18-7-8-23(32)22(13-18)28(33)38/h5-11,13-14,24H,4,12,15H2,1-3H3,(H2,33,38)(H,35,37). The van der Waals surface area contributed by atoms with Gasteiger partial charge in [0.05, 0.1) is 23.8 Å². The number of hydrogen-bond donors (Lipinski definition) is 2. The van der Waals surface area contributed by atoms with E-state index in [1.54, 1.807) is 24.1 Å². The highest BCUT2D eigenvalue weighted by Gasteiger charge is 2.23. The van der Waals surface area contributed by atoms with Crippen molar-refractivity contribution in [1.29, 1.82) is 0 Å². The van der Waals surface area contributed by atoms with Crippen LogP contribution in [0.15, 0.2) is 64.9 Å². The van der Waals surface area contributed by atoms with Crippen LogP contribution in [0.4, 0.5) is 13.2 Å². The van der Waals surface area contributed by atoms with Crippen LogP contribution in [0.2, 0.25) is 0 Å². The molecule has 2 amide bonds. The van der Waals surface area contributed by atoms with E-state index in [1.807, 2.05) is 13.8 Å². The van der Waals surface area contributed by atoms with Crippen molar-refractivity contribution in [2.45, 2.75) is 32.7 Å². The average molecular weight is 589 g/mol. The fourth-order valence-corrected chi connectivity index (χ4v) is 4.91. The predicted octanol–water partition coefficient (Wildman–Crippen LogP) is 5.63. The predicted molar refractivity (Wildman–Crippen MR) is 144 cm³/mol. The van der Waals surface area contributed by atoms with Gasteiger partial charge >= 0.3 is 0 Å². The third-order valence-corrected chi connectivity index (χ3v) is 6.44. The Balaban J connectivity index is 2.04. The molecule has 6 nitrogen and oxygen atoms in total. The molecule has 0 saturated carbocycles. The lowest BCUT2D eigenvalue weighted by atomic mass is 9.94. The number of primary amides is 1. The van der Waals surface area contributed by atoms with E-state index in [1.165, 1.54) is 30.5 Å². The highest BCUT2D eigenvalue weighted by Crippen LogP contribution is 2.30. The molecule has 0 bridgehead atoms. The second-order valence-corrected chi connectivity index (χ2v) is 9.98. The fraction of sp³-hybridized carbons (Fsp3) is 0.250. The summed E-state index contributed by atoms with van der Waals surface area (Å²) in [7, 11) is 1.79. The van der Waals surface area contributed by atoms with Gasteiger partial charge in [0.15, 0.2) is 0 Å². The van der Waals surface area contributed by atoms with Crippen LogP contribution >= 0.6 is 15.9 Å². The lowest BCUT2D eigenvalue weighted by Crippen LogP contribution is -2.38. The molecule has 3 N–H and O–H groups in total. The van der Waals surface area contributed by atoms with Gasteiger partial charge in [0.1, 0.15) is 17.5 Å². The van der Waals surface area contributed by atoms with Gasteiger partial charge in [-0.3, -0.25) is 14.6 Å². The van der Waals surface area contributed by atoms with E-state index in [4.69, 9.17) is 5.73 Å². The maximum absolute atomic E-state index is 14.1. The van der Waals surface area contributed by atoms with Crippen LogP contribution in [0.3, 0.4) is 0 Å². The lowest BCUT2D eigenvalue weighted by Gasteiger charge is -2.25. The Bertz CT molecular complexity index is 1360. The zero-order valence-electron chi connectivity index (χ0n) is 21.2. The number of carbonyl (C=O) groups excluding carboxylic acids is 2. The number of nitrogens with one attached hydrogen (secondary N) is 1. The molecule has 38 heavy (non-hydrogen) atoms. The summed E-state index contributed by atoms with van der Waals surface area (Å²) in [5.41, 5.74) is 7.58. The molecular weight excluding hydrogens is 561 g/mol. The molecule has 0 spiro atoms. The van der Waals surface area contributed by atoms with Crippen molar-refractivity contribution in [3.05, 3.63) is 99.2 Å². The van der Waals surface area contributed by atoms with Gasteiger partial charge in [-0.05, 0) is 61.2 Å². The van der Waals surface area contributed by atoms with Crippen LogP contribution in [0.1, 0.15) is 47.9 Å². The minimum atomic E-state index is -0.931. The van der Waals surface area contributed by atoms with Crippen molar-refractivity contribution in [2.24, 2.45) is 5.73 Å². The summed E-state index contributed by atoms with van der Waals surface area (Å²) < 4.78 is 43.0. The normalized spacial score (nSPS) is 12.5. The van der Waals surface area contributed by atoms with Crippen LogP contribution in [-0.2, 0) is 11.2 Å². The van der Waals surface area contributed by atoms with Crippen LogP contribution in [0.5, 0.6) is 0 Å². The number of nitrogens with two attached hydrogens (primary N) is 1. The van der Waals surface area contributed by atoms with Crippen molar-refractivity contribution in [1.82, 2.24) is 15.2 Å². The molecule has 0 aliphatic rings. The maximum Gasteiger partial charge on any atom is 0.251 e. The van der Waals surface area contributed by atoms with Crippen LogP contribution in [0, 0.1) is 17.5 Å². The monoisotopic (exact) mass is 588 g/mol. The Labute approximate surface area is 227 Å². The Hall–Kier alpha value is -3.66. The average Bonchev–Trinajstić information content (AvgIpc) is 2.83. The Morgan fingerprint density at radius 1 is 1.11 bits per heavy atom. The first-order chi connectivity index (χ1) is 18.0. The van der Waals surface area contributed by atoms with Crippen molar-refractivity contribution < 1.29 is 22.8 Å². The summed E-state index contributed by atoms with van der Waals surface area (Å²) >= 11 is 3.46. The van der Waals surface area contributed by atoms with Crippen LogP contribution in [0.25, 0.3) is 11.1 Å². The summed E-state index contributed by atoms with van der Waals surface area (Å²) in [6.07, 6.45) is 2.23. The number of allylic oxidation sites excluding steroid dienone is 2. The largest absolute Gasteiger partial charge is 0.368 e. The van der Waals surface area contributed by atoms with Crippen molar-refractivity contribution >= 4 is 27.7 Å². The topological polar surface area (TPSA) is 88.3 Å².